The van der Waals surface area contributed by atoms with E-state index in [0.29, 0.717) is 24.6 Å². The summed E-state index contributed by atoms with van der Waals surface area (Å²) in [6, 6.07) is 5.88. The maximum atomic E-state index is 5.75. The standard InChI is InChI=1S/C15H15ClN2O2/c1-11-6-7-15(13(9-11)5-3-4-8-16)19-10-14-12(2)17-20-18-14/h6-7,9H,4,8,10H2,1-2H3. The molecule has 0 aliphatic rings. The van der Waals surface area contributed by atoms with E-state index in [1.807, 2.05) is 32.0 Å². The van der Waals surface area contributed by atoms with Crippen molar-refractivity contribution in [2.45, 2.75) is 26.9 Å². The fraction of sp³-hybridized carbons (Fsp3) is 0.333. The second-order valence-electron chi connectivity index (χ2n) is 4.33. The van der Waals surface area contributed by atoms with E-state index in [-0.39, 0.29) is 0 Å². The zero-order valence-electron chi connectivity index (χ0n) is 11.4. The summed E-state index contributed by atoms with van der Waals surface area (Å²) in [5.74, 6) is 7.34. The van der Waals surface area contributed by atoms with Crippen LogP contribution in [0, 0.1) is 25.7 Å². The number of nitrogens with zero attached hydrogens (tertiary/aromatic N) is 2. The topological polar surface area (TPSA) is 48.2 Å². The van der Waals surface area contributed by atoms with Crippen LogP contribution in [0.4, 0.5) is 0 Å². The maximum absolute atomic E-state index is 5.75. The van der Waals surface area contributed by atoms with Crippen LogP contribution in [0.15, 0.2) is 22.8 Å². The van der Waals surface area contributed by atoms with Crippen LogP contribution in [0.3, 0.4) is 0 Å². The van der Waals surface area contributed by atoms with Gasteiger partial charge in [-0.2, -0.15) is 0 Å². The number of aromatic nitrogens is 2. The molecule has 2 rings (SSSR count). The molecule has 0 amide bonds. The number of alkyl halides is 1. The molecule has 1 heterocycles. The molecule has 0 spiro atoms. The van der Waals surface area contributed by atoms with Crippen molar-refractivity contribution in [1.29, 1.82) is 0 Å². The Morgan fingerprint density at radius 1 is 1.30 bits per heavy atom. The lowest BCUT2D eigenvalue weighted by Gasteiger charge is -2.07. The highest BCUT2D eigenvalue weighted by atomic mass is 35.5. The van der Waals surface area contributed by atoms with E-state index < -0.39 is 0 Å². The molecule has 20 heavy (non-hydrogen) atoms. The zero-order valence-corrected chi connectivity index (χ0v) is 12.2. The van der Waals surface area contributed by atoms with E-state index >= 15 is 0 Å². The van der Waals surface area contributed by atoms with E-state index in [2.05, 4.69) is 26.8 Å². The first-order valence-electron chi connectivity index (χ1n) is 6.27. The third-order valence-electron chi connectivity index (χ3n) is 2.69. The van der Waals surface area contributed by atoms with Gasteiger partial charge in [-0.15, -0.1) is 11.6 Å². The maximum Gasteiger partial charge on any atom is 0.145 e. The van der Waals surface area contributed by atoms with Crippen molar-refractivity contribution in [1.82, 2.24) is 10.3 Å². The van der Waals surface area contributed by atoms with Crippen molar-refractivity contribution in [2.75, 3.05) is 5.88 Å². The predicted molar refractivity (Wildman–Crippen MR) is 76.8 cm³/mol. The summed E-state index contributed by atoms with van der Waals surface area (Å²) < 4.78 is 10.4. The van der Waals surface area contributed by atoms with Crippen molar-refractivity contribution in [3.63, 3.8) is 0 Å². The molecular weight excluding hydrogens is 276 g/mol. The van der Waals surface area contributed by atoms with Crippen molar-refractivity contribution in [3.05, 3.63) is 40.7 Å². The van der Waals surface area contributed by atoms with Crippen LogP contribution in [0.1, 0.15) is 28.9 Å². The van der Waals surface area contributed by atoms with E-state index in [9.17, 15) is 0 Å². The van der Waals surface area contributed by atoms with Gasteiger partial charge in [-0.05, 0) is 31.5 Å². The molecule has 0 atom stereocenters. The smallest absolute Gasteiger partial charge is 0.145 e. The molecule has 0 bridgehead atoms. The number of ether oxygens (including phenoxy) is 1. The Kier molecular flexibility index (Phi) is 5.03. The molecule has 0 aliphatic carbocycles. The fourth-order valence-electron chi connectivity index (χ4n) is 1.60. The Morgan fingerprint density at radius 3 is 2.85 bits per heavy atom. The average molecular weight is 291 g/mol. The van der Waals surface area contributed by atoms with Crippen molar-refractivity contribution in [3.8, 4) is 17.6 Å². The lowest BCUT2D eigenvalue weighted by molar-refractivity contribution is 0.269. The first kappa shape index (κ1) is 14.4. The summed E-state index contributed by atoms with van der Waals surface area (Å²) in [4.78, 5) is 0. The first-order chi connectivity index (χ1) is 9.70. The van der Waals surface area contributed by atoms with Crippen LogP contribution in [-0.2, 0) is 6.61 Å². The largest absolute Gasteiger partial charge is 0.486 e. The molecule has 2 aromatic rings. The van der Waals surface area contributed by atoms with Crippen molar-refractivity contribution < 1.29 is 9.37 Å². The minimum atomic E-state index is 0.308. The Balaban J connectivity index is 2.15. The molecule has 0 fully saturated rings. The summed E-state index contributed by atoms with van der Waals surface area (Å²) in [7, 11) is 0. The molecule has 0 saturated carbocycles. The van der Waals surface area contributed by atoms with Crippen LogP contribution in [0.5, 0.6) is 5.75 Å². The highest BCUT2D eigenvalue weighted by Crippen LogP contribution is 2.20. The molecular formula is C15H15ClN2O2. The van der Waals surface area contributed by atoms with E-state index in [1.54, 1.807) is 0 Å². The van der Waals surface area contributed by atoms with Crippen molar-refractivity contribution in [2.24, 2.45) is 0 Å². The highest BCUT2D eigenvalue weighted by molar-refractivity contribution is 6.18. The number of hydrogen-bond acceptors (Lipinski definition) is 4. The first-order valence-corrected chi connectivity index (χ1v) is 6.80. The average Bonchev–Trinajstić information content (AvgIpc) is 2.84. The Labute approximate surface area is 123 Å². The van der Waals surface area contributed by atoms with Crippen LogP contribution >= 0.6 is 11.6 Å². The molecule has 1 aromatic carbocycles. The van der Waals surface area contributed by atoms with Gasteiger partial charge in [0.15, 0.2) is 0 Å². The van der Waals surface area contributed by atoms with Gasteiger partial charge in [-0.1, -0.05) is 28.2 Å². The van der Waals surface area contributed by atoms with Gasteiger partial charge in [0, 0.05) is 12.3 Å². The lowest BCUT2D eigenvalue weighted by atomic mass is 10.1. The number of halogens is 1. The van der Waals surface area contributed by atoms with E-state index in [1.165, 1.54) is 0 Å². The number of benzene rings is 1. The quantitative estimate of drug-likeness (QED) is 0.641. The Morgan fingerprint density at radius 2 is 2.15 bits per heavy atom. The monoisotopic (exact) mass is 290 g/mol. The minimum Gasteiger partial charge on any atom is -0.486 e. The van der Waals surface area contributed by atoms with Gasteiger partial charge in [-0.25, -0.2) is 4.63 Å². The SMILES string of the molecule is Cc1ccc(OCc2nonc2C)c(C#CCCCl)c1. The van der Waals surface area contributed by atoms with Gasteiger partial charge >= 0.3 is 0 Å². The third-order valence-corrected chi connectivity index (χ3v) is 2.88. The Bertz CT molecular complexity index is 641. The molecule has 0 aliphatic heterocycles. The zero-order chi connectivity index (χ0) is 14.4. The molecule has 0 unspecified atom stereocenters. The number of rotatable bonds is 4. The second-order valence-corrected chi connectivity index (χ2v) is 4.70. The number of aryl methyl sites for hydroxylation is 2. The van der Waals surface area contributed by atoms with Crippen LogP contribution in [0.25, 0.3) is 0 Å². The third kappa shape index (κ3) is 3.75. The molecule has 0 N–H and O–H groups in total. The van der Waals surface area contributed by atoms with Crippen LogP contribution < -0.4 is 4.74 Å². The molecule has 0 radical (unpaired) electrons. The van der Waals surface area contributed by atoms with Crippen LogP contribution in [-0.4, -0.2) is 16.2 Å². The summed E-state index contributed by atoms with van der Waals surface area (Å²) in [6.45, 7) is 4.15. The van der Waals surface area contributed by atoms with E-state index in [0.717, 1.165) is 22.6 Å². The summed E-state index contributed by atoms with van der Waals surface area (Å²) in [6.07, 6.45) is 0.654. The van der Waals surface area contributed by atoms with Gasteiger partial charge in [0.2, 0.25) is 0 Å². The Hall–Kier alpha value is -1.99. The van der Waals surface area contributed by atoms with Gasteiger partial charge in [0.05, 0.1) is 5.56 Å². The normalized spacial score (nSPS) is 9.95. The van der Waals surface area contributed by atoms with E-state index in [4.69, 9.17) is 16.3 Å². The van der Waals surface area contributed by atoms with Crippen molar-refractivity contribution >= 4 is 11.6 Å². The molecule has 0 saturated heterocycles. The predicted octanol–water partition coefficient (Wildman–Crippen LogP) is 3.25. The minimum absolute atomic E-state index is 0.308. The molecule has 104 valence electrons. The summed E-state index contributed by atoms with van der Waals surface area (Å²) in [5, 5.41) is 7.51. The summed E-state index contributed by atoms with van der Waals surface area (Å²) >= 11 is 5.63. The van der Waals surface area contributed by atoms with Gasteiger partial charge < -0.3 is 4.74 Å². The van der Waals surface area contributed by atoms with Gasteiger partial charge in [-0.3, -0.25) is 0 Å². The molecule has 5 heteroatoms. The van der Waals surface area contributed by atoms with Crippen LogP contribution in [0.2, 0.25) is 0 Å². The highest BCUT2D eigenvalue weighted by Gasteiger charge is 2.08. The summed E-state index contributed by atoms with van der Waals surface area (Å²) in [5.41, 5.74) is 3.40. The fourth-order valence-corrected chi connectivity index (χ4v) is 1.69. The molecule has 1 aromatic heterocycles. The second kappa shape index (κ2) is 6.97. The van der Waals surface area contributed by atoms with Gasteiger partial charge in [0.25, 0.3) is 0 Å². The van der Waals surface area contributed by atoms with Gasteiger partial charge in [0.1, 0.15) is 23.7 Å². The lowest BCUT2D eigenvalue weighted by Crippen LogP contribution is -1.99. The molecule has 4 nitrogen and oxygen atoms in total. The number of hydrogen-bond donors (Lipinski definition) is 0.